The highest BCUT2D eigenvalue weighted by atomic mass is 79.9. The van der Waals surface area contributed by atoms with Gasteiger partial charge < -0.3 is 10.3 Å². The van der Waals surface area contributed by atoms with Gasteiger partial charge in [0, 0.05) is 34.4 Å². The van der Waals surface area contributed by atoms with Crippen molar-refractivity contribution in [3.63, 3.8) is 0 Å². The van der Waals surface area contributed by atoms with Crippen molar-refractivity contribution >= 4 is 27.3 Å². The summed E-state index contributed by atoms with van der Waals surface area (Å²) in [6.45, 7) is 0. The molecule has 3 nitrogen and oxygen atoms in total. The molecule has 0 radical (unpaired) electrons. The standard InChI is InChI=1S/C10H12BrN3S/c1-14-4-10(13-6-14)9(12)3-8-2-7(11)5-15-8/h2,4-6,9H,3,12H2,1H3. The average molecular weight is 286 g/mol. The summed E-state index contributed by atoms with van der Waals surface area (Å²) < 4.78 is 3.04. The molecule has 0 aliphatic carbocycles. The highest BCUT2D eigenvalue weighted by Crippen LogP contribution is 2.23. The first kappa shape index (κ1) is 10.9. The van der Waals surface area contributed by atoms with Gasteiger partial charge in [-0.2, -0.15) is 0 Å². The maximum Gasteiger partial charge on any atom is 0.0947 e. The molecule has 5 heteroatoms. The van der Waals surface area contributed by atoms with E-state index >= 15 is 0 Å². The first-order valence-corrected chi connectivity index (χ1v) is 6.29. The summed E-state index contributed by atoms with van der Waals surface area (Å²) in [5.41, 5.74) is 7.01. The zero-order valence-corrected chi connectivity index (χ0v) is 10.8. The molecular weight excluding hydrogens is 274 g/mol. The molecule has 1 unspecified atom stereocenters. The van der Waals surface area contributed by atoms with Crippen LogP contribution in [-0.4, -0.2) is 9.55 Å². The van der Waals surface area contributed by atoms with E-state index in [4.69, 9.17) is 5.73 Å². The van der Waals surface area contributed by atoms with Gasteiger partial charge in [-0.3, -0.25) is 0 Å². The molecule has 0 aliphatic heterocycles. The fourth-order valence-corrected chi connectivity index (χ4v) is 2.92. The first-order valence-electron chi connectivity index (χ1n) is 4.61. The Morgan fingerprint density at radius 3 is 3.00 bits per heavy atom. The average Bonchev–Trinajstić information content (AvgIpc) is 2.75. The Kier molecular flexibility index (Phi) is 3.23. The van der Waals surface area contributed by atoms with Gasteiger partial charge in [0.1, 0.15) is 0 Å². The van der Waals surface area contributed by atoms with Gasteiger partial charge in [-0.25, -0.2) is 4.98 Å². The van der Waals surface area contributed by atoms with Gasteiger partial charge in [0.05, 0.1) is 18.1 Å². The lowest BCUT2D eigenvalue weighted by Gasteiger charge is -2.06. The van der Waals surface area contributed by atoms with Crippen LogP contribution in [0.3, 0.4) is 0 Å². The van der Waals surface area contributed by atoms with E-state index in [1.807, 2.05) is 17.8 Å². The smallest absolute Gasteiger partial charge is 0.0947 e. The van der Waals surface area contributed by atoms with Crippen molar-refractivity contribution in [3.8, 4) is 0 Å². The lowest BCUT2D eigenvalue weighted by Crippen LogP contribution is -2.13. The van der Waals surface area contributed by atoms with Crippen LogP contribution in [0.25, 0.3) is 0 Å². The monoisotopic (exact) mass is 285 g/mol. The topological polar surface area (TPSA) is 43.8 Å². The number of nitrogens with two attached hydrogens (primary N) is 1. The van der Waals surface area contributed by atoms with Crippen molar-refractivity contribution in [1.29, 1.82) is 0 Å². The van der Waals surface area contributed by atoms with E-state index in [0.29, 0.717) is 0 Å². The lowest BCUT2D eigenvalue weighted by molar-refractivity contribution is 0.707. The Morgan fingerprint density at radius 2 is 2.47 bits per heavy atom. The van der Waals surface area contributed by atoms with Crippen molar-refractivity contribution in [2.75, 3.05) is 0 Å². The third-order valence-electron chi connectivity index (χ3n) is 2.15. The van der Waals surface area contributed by atoms with E-state index in [0.717, 1.165) is 16.6 Å². The van der Waals surface area contributed by atoms with E-state index < -0.39 is 0 Å². The van der Waals surface area contributed by atoms with E-state index in [1.54, 1.807) is 17.7 Å². The Bertz CT molecular complexity index is 449. The van der Waals surface area contributed by atoms with Gasteiger partial charge in [-0.15, -0.1) is 11.3 Å². The summed E-state index contributed by atoms with van der Waals surface area (Å²) in [6, 6.07) is 2.09. The molecule has 15 heavy (non-hydrogen) atoms. The number of nitrogens with zero attached hydrogens (tertiary/aromatic N) is 2. The van der Waals surface area contributed by atoms with Crippen molar-refractivity contribution in [2.24, 2.45) is 12.8 Å². The predicted octanol–water partition coefficient (Wildman–Crippen LogP) is 2.49. The summed E-state index contributed by atoms with van der Waals surface area (Å²) in [7, 11) is 1.95. The number of halogens is 1. The molecule has 0 fully saturated rings. The number of aryl methyl sites for hydroxylation is 1. The van der Waals surface area contributed by atoms with Crippen LogP contribution in [0.2, 0.25) is 0 Å². The molecule has 2 rings (SSSR count). The summed E-state index contributed by atoms with van der Waals surface area (Å²) >= 11 is 5.15. The molecule has 0 saturated carbocycles. The normalized spacial score (nSPS) is 13.0. The minimum atomic E-state index is -0.0169. The highest BCUT2D eigenvalue weighted by Gasteiger charge is 2.10. The van der Waals surface area contributed by atoms with E-state index in [1.165, 1.54) is 4.88 Å². The van der Waals surface area contributed by atoms with Gasteiger partial charge in [-0.1, -0.05) is 0 Å². The van der Waals surface area contributed by atoms with E-state index in [2.05, 4.69) is 32.4 Å². The van der Waals surface area contributed by atoms with Crippen molar-refractivity contribution < 1.29 is 0 Å². The lowest BCUT2D eigenvalue weighted by atomic mass is 10.1. The summed E-state index contributed by atoms with van der Waals surface area (Å²) in [5, 5.41) is 2.07. The van der Waals surface area contributed by atoms with Crippen LogP contribution in [0.5, 0.6) is 0 Å². The van der Waals surface area contributed by atoms with Gasteiger partial charge >= 0.3 is 0 Å². The van der Waals surface area contributed by atoms with E-state index in [-0.39, 0.29) is 6.04 Å². The molecule has 0 bridgehead atoms. The van der Waals surface area contributed by atoms with Crippen LogP contribution >= 0.6 is 27.3 Å². The summed E-state index contributed by atoms with van der Waals surface area (Å²) in [6.07, 6.45) is 4.58. The minimum absolute atomic E-state index is 0.0169. The first-order chi connectivity index (χ1) is 7.15. The molecule has 2 aromatic heterocycles. The second-order valence-corrected chi connectivity index (χ2v) is 5.42. The minimum Gasteiger partial charge on any atom is -0.340 e. The van der Waals surface area contributed by atoms with Crippen LogP contribution in [-0.2, 0) is 13.5 Å². The number of hydrogen-bond donors (Lipinski definition) is 1. The number of aromatic nitrogens is 2. The third kappa shape index (κ3) is 2.68. The Balaban J connectivity index is 2.06. The number of thiophene rings is 1. The molecule has 2 heterocycles. The van der Waals surface area contributed by atoms with Crippen molar-refractivity contribution in [3.05, 3.63) is 39.0 Å². The predicted molar refractivity (Wildman–Crippen MR) is 65.9 cm³/mol. The van der Waals surface area contributed by atoms with Crippen LogP contribution in [0.15, 0.2) is 28.4 Å². The van der Waals surface area contributed by atoms with Gasteiger partial charge in [-0.05, 0) is 22.0 Å². The van der Waals surface area contributed by atoms with Crippen molar-refractivity contribution in [1.82, 2.24) is 9.55 Å². The summed E-state index contributed by atoms with van der Waals surface area (Å²) in [4.78, 5) is 5.53. The van der Waals surface area contributed by atoms with Gasteiger partial charge in [0.25, 0.3) is 0 Å². The quantitative estimate of drug-likeness (QED) is 0.942. The van der Waals surface area contributed by atoms with Gasteiger partial charge in [0.2, 0.25) is 0 Å². The van der Waals surface area contributed by atoms with Crippen LogP contribution in [0.4, 0.5) is 0 Å². The largest absolute Gasteiger partial charge is 0.340 e. The molecule has 0 aliphatic rings. The Morgan fingerprint density at radius 1 is 1.67 bits per heavy atom. The fourth-order valence-electron chi connectivity index (χ4n) is 1.41. The Labute approximate surface area is 101 Å². The zero-order valence-electron chi connectivity index (χ0n) is 8.35. The second-order valence-electron chi connectivity index (χ2n) is 3.51. The second kappa shape index (κ2) is 4.47. The molecule has 0 aromatic carbocycles. The van der Waals surface area contributed by atoms with Crippen LogP contribution in [0, 0.1) is 0 Å². The Hall–Kier alpha value is -0.650. The van der Waals surface area contributed by atoms with Crippen LogP contribution in [0.1, 0.15) is 16.6 Å². The molecule has 0 amide bonds. The maximum atomic E-state index is 6.07. The van der Waals surface area contributed by atoms with E-state index in [9.17, 15) is 0 Å². The highest BCUT2D eigenvalue weighted by molar-refractivity contribution is 9.10. The zero-order chi connectivity index (χ0) is 10.8. The fraction of sp³-hybridized carbons (Fsp3) is 0.300. The molecule has 1 atom stereocenters. The molecule has 2 N–H and O–H groups in total. The molecule has 0 saturated heterocycles. The third-order valence-corrected chi connectivity index (χ3v) is 3.87. The van der Waals surface area contributed by atoms with Crippen LogP contribution < -0.4 is 5.73 Å². The molecule has 80 valence electrons. The molecule has 2 aromatic rings. The van der Waals surface area contributed by atoms with Crippen molar-refractivity contribution in [2.45, 2.75) is 12.5 Å². The van der Waals surface area contributed by atoms with Gasteiger partial charge in [0.15, 0.2) is 0 Å². The molecular formula is C10H12BrN3S. The SMILES string of the molecule is Cn1cnc(C(N)Cc2cc(Br)cs2)c1. The molecule has 0 spiro atoms. The number of rotatable bonds is 3. The summed E-state index contributed by atoms with van der Waals surface area (Å²) in [5.74, 6) is 0. The number of hydrogen-bond acceptors (Lipinski definition) is 3. The maximum absolute atomic E-state index is 6.07. The number of imidazole rings is 1.